The van der Waals surface area contributed by atoms with Gasteiger partial charge in [0.15, 0.2) is 0 Å². The summed E-state index contributed by atoms with van der Waals surface area (Å²) in [7, 11) is 0. The van der Waals surface area contributed by atoms with Crippen LogP contribution in [0.5, 0.6) is 0 Å². The summed E-state index contributed by atoms with van der Waals surface area (Å²) in [5.74, 6) is -1.70. The van der Waals surface area contributed by atoms with Crippen LogP contribution in [0.1, 0.15) is 31.5 Å². The second-order valence-corrected chi connectivity index (χ2v) is 5.58. The van der Waals surface area contributed by atoms with Gasteiger partial charge in [-0.2, -0.15) is 18.2 Å². The number of amides is 1. The van der Waals surface area contributed by atoms with Gasteiger partial charge in [-0.15, -0.1) is 0 Å². The summed E-state index contributed by atoms with van der Waals surface area (Å²) < 4.78 is 42.0. The quantitative estimate of drug-likeness (QED) is 0.798. The molecule has 10 heteroatoms. The molecular weight excluding hydrogens is 317 g/mol. The maximum Gasteiger partial charge on any atom is 0.455 e. The molecule has 2 N–H and O–H groups in total. The molecule has 2 atom stereocenters. The Bertz CT molecular complexity index is 535. The second-order valence-electron chi connectivity index (χ2n) is 5.58. The van der Waals surface area contributed by atoms with Crippen LogP contribution in [0.15, 0.2) is 4.52 Å². The third-order valence-corrected chi connectivity index (χ3v) is 3.75. The molecule has 1 aromatic rings. The first-order valence-corrected chi connectivity index (χ1v) is 7.35. The van der Waals surface area contributed by atoms with Crippen molar-refractivity contribution in [3.63, 3.8) is 0 Å². The number of likely N-dealkylation sites (tertiary alicyclic amines) is 1. The van der Waals surface area contributed by atoms with Gasteiger partial charge in [0.25, 0.3) is 5.82 Å². The Hall–Kier alpha value is -1.68. The van der Waals surface area contributed by atoms with Crippen molar-refractivity contribution in [3.8, 4) is 0 Å². The maximum atomic E-state index is 12.5. The van der Waals surface area contributed by atoms with Crippen molar-refractivity contribution in [2.45, 2.75) is 38.5 Å². The molecule has 2 heterocycles. The molecule has 1 amide bonds. The van der Waals surface area contributed by atoms with Gasteiger partial charge in [0.1, 0.15) is 6.61 Å². The molecule has 1 aromatic heterocycles. The molecule has 0 bridgehead atoms. The van der Waals surface area contributed by atoms with Crippen molar-refractivity contribution < 1.29 is 27.6 Å². The van der Waals surface area contributed by atoms with E-state index in [1.54, 1.807) is 0 Å². The van der Waals surface area contributed by atoms with Crippen LogP contribution in [0.2, 0.25) is 0 Å². The van der Waals surface area contributed by atoms with E-state index in [0.717, 1.165) is 12.8 Å². The Balaban J connectivity index is 1.98. The lowest BCUT2D eigenvalue weighted by molar-refractivity contribution is -0.146. The second kappa shape index (κ2) is 7.26. The zero-order chi connectivity index (χ0) is 17.0. The SMILES string of the molecule is CCC[C@@H]1CN(Cc2nc(C(F)(F)F)no2)C[C@H]1NC(=O)CO. The number of aliphatic hydroxyl groups excluding tert-OH is 1. The van der Waals surface area contributed by atoms with Crippen LogP contribution in [0.4, 0.5) is 13.2 Å². The summed E-state index contributed by atoms with van der Waals surface area (Å²) in [5, 5.41) is 14.5. The van der Waals surface area contributed by atoms with Gasteiger partial charge in [0, 0.05) is 19.1 Å². The number of halogens is 3. The van der Waals surface area contributed by atoms with Crippen molar-refractivity contribution in [1.29, 1.82) is 0 Å². The van der Waals surface area contributed by atoms with Gasteiger partial charge in [0.2, 0.25) is 11.8 Å². The van der Waals surface area contributed by atoms with Crippen molar-refractivity contribution >= 4 is 5.91 Å². The predicted molar refractivity (Wildman–Crippen MR) is 72.0 cm³/mol. The zero-order valence-corrected chi connectivity index (χ0v) is 12.6. The lowest BCUT2D eigenvalue weighted by Crippen LogP contribution is -2.41. The minimum Gasteiger partial charge on any atom is -0.387 e. The van der Waals surface area contributed by atoms with Crippen molar-refractivity contribution in [2.24, 2.45) is 5.92 Å². The molecule has 1 saturated heterocycles. The summed E-state index contributed by atoms with van der Waals surface area (Å²) in [6.07, 6.45) is -2.84. The number of alkyl halides is 3. The highest BCUT2D eigenvalue weighted by molar-refractivity contribution is 5.77. The fourth-order valence-electron chi connectivity index (χ4n) is 2.79. The maximum absolute atomic E-state index is 12.5. The first-order valence-electron chi connectivity index (χ1n) is 7.35. The Morgan fingerprint density at radius 3 is 2.78 bits per heavy atom. The van der Waals surface area contributed by atoms with Crippen molar-refractivity contribution in [3.05, 3.63) is 11.7 Å². The highest BCUT2D eigenvalue weighted by atomic mass is 19.4. The molecule has 2 rings (SSSR count). The van der Waals surface area contributed by atoms with Gasteiger partial charge in [0.05, 0.1) is 6.54 Å². The number of hydrogen-bond donors (Lipinski definition) is 2. The molecule has 1 aliphatic heterocycles. The number of hydrogen-bond acceptors (Lipinski definition) is 6. The van der Waals surface area contributed by atoms with E-state index in [0.29, 0.717) is 13.1 Å². The van der Waals surface area contributed by atoms with E-state index < -0.39 is 24.5 Å². The van der Waals surface area contributed by atoms with Crippen LogP contribution in [0.3, 0.4) is 0 Å². The Morgan fingerprint density at radius 2 is 2.22 bits per heavy atom. The van der Waals surface area contributed by atoms with Crippen LogP contribution >= 0.6 is 0 Å². The number of nitrogens with zero attached hydrogens (tertiary/aromatic N) is 3. The molecule has 0 spiro atoms. The van der Waals surface area contributed by atoms with E-state index >= 15 is 0 Å². The van der Waals surface area contributed by atoms with Crippen LogP contribution in [0.25, 0.3) is 0 Å². The third-order valence-electron chi connectivity index (χ3n) is 3.75. The van der Waals surface area contributed by atoms with Crippen LogP contribution in [0, 0.1) is 5.92 Å². The summed E-state index contributed by atoms with van der Waals surface area (Å²) in [4.78, 5) is 16.6. The standard InChI is InChI=1S/C13H19F3N4O3/c1-2-3-8-4-20(5-9(8)17-10(22)7-21)6-11-18-12(19-23-11)13(14,15)16/h8-9,21H,2-7H2,1H3,(H,17,22)/t8-,9-/m1/s1. The van der Waals surface area contributed by atoms with Gasteiger partial charge in [-0.05, 0) is 12.3 Å². The molecule has 1 aliphatic rings. The molecule has 0 aromatic carbocycles. The fourth-order valence-corrected chi connectivity index (χ4v) is 2.79. The van der Waals surface area contributed by atoms with E-state index in [1.165, 1.54) is 0 Å². The molecular formula is C13H19F3N4O3. The van der Waals surface area contributed by atoms with Crippen molar-refractivity contribution in [2.75, 3.05) is 19.7 Å². The monoisotopic (exact) mass is 336 g/mol. The Morgan fingerprint density at radius 1 is 1.48 bits per heavy atom. The Labute approximate surface area is 130 Å². The van der Waals surface area contributed by atoms with Gasteiger partial charge in [-0.3, -0.25) is 9.69 Å². The predicted octanol–water partition coefficient (Wildman–Crippen LogP) is 0.797. The van der Waals surface area contributed by atoms with Crippen LogP contribution in [-0.4, -0.2) is 51.8 Å². The van der Waals surface area contributed by atoms with Crippen molar-refractivity contribution in [1.82, 2.24) is 20.4 Å². The first kappa shape index (κ1) is 17.7. The van der Waals surface area contributed by atoms with Gasteiger partial charge >= 0.3 is 6.18 Å². The molecule has 0 aliphatic carbocycles. The number of aliphatic hydroxyl groups is 1. The molecule has 0 radical (unpaired) electrons. The van der Waals surface area contributed by atoms with Gasteiger partial charge in [-0.25, -0.2) is 0 Å². The summed E-state index contributed by atoms with van der Waals surface area (Å²) in [6.45, 7) is 2.58. The molecule has 1 fully saturated rings. The molecule has 0 saturated carbocycles. The average Bonchev–Trinajstić information content (AvgIpc) is 3.07. The van der Waals surface area contributed by atoms with Crippen LogP contribution < -0.4 is 5.32 Å². The highest BCUT2D eigenvalue weighted by Crippen LogP contribution is 2.27. The van der Waals surface area contributed by atoms with E-state index in [9.17, 15) is 18.0 Å². The molecule has 23 heavy (non-hydrogen) atoms. The third kappa shape index (κ3) is 4.64. The van der Waals surface area contributed by atoms with E-state index in [-0.39, 0.29) is 24.4 Å². The largest absolute Gasteiger partial charge is 0.455 e. The fraction of sp³-hybridized carbons (Fsp3) is 0.769. The zero-order valence-electron chi connectivity index (χ0n) is 12.6. The van der Waals surface area contributed by atoms with E-state index in [2.05, 4.69) is 20.0 Å². The Kier molecular flexibility index (Phi) is 5.58. The number of carbonyl (C=O) groups is 1. The summed E-state index contributed by atoms with van der Waals surface area (Å²) >= 11 is 0. The number of aromatic nitrogens is 2. The molecule has 130 valence electrons. The lowest BCUT2D eigenvalue weighted by atomic mass is 9.98. The molecule has 7 nitrogen and oxygen atoms in total. The van der Waals surface area contributed by atoms with E-state index in [4.69, 9.17) is 5.11 Å². The topological polar surface area (TPSA) is 91.5 Å². The first-order chi connectivity index (χ1) is 10.8. The molecule has 0 unspecified atom stereocenters. The van der Waals surface area contributed by atoms with Gasteiger partial charge in [-0.1, -0.05) is 18.5 Å². The minimum atomic E-state index is -4.63. The number of nitrogens with one attached hydrogen (secondary N) is 1. The smallest absolute Gasteiger partial charge is 0.387 e. The lowest BCUT2D eigenvalue weighted by Gasteiger charge is -2.18. The van der Waals surface area contributed by atoms with Gasteiger partial charge < -0.3 is 14.9 Å². The highest BCUT2D eigenvalue weighted by Gasteiger charge is 2.38. The summed E-state index contributed by atoms with van der Waals surface area (Å²) in [6, 6.07) is -0.153. The number of carbonyl (C=O) groups excluding carboxylic acids is 1. The average molecular weight is 336 g/mol. The summed E-state index contributed by atoms with van der Waals surface area (Å²) in [5.41, 5.74) is 0. The minimum absolute atomic E-state index is 0.0921. The van der Waals surface area contributed by atoms with E-state index in [1.807, 2.05) is 11.8 Å². The van der Waals surface area contributed by atoms with Crippen LogP contribution in [-0.2, 0) is 17.5 Å². The normalized spacial score (nSPS) is 22.5. The number of rotatable bonds is 6.